The van der Waals surface area contributed by atoms with Crippen molar-refractivity contribution in [2.24, 2.45) is 0 Å². The van der Waals surface area contributed by atoms with E-state index in [1.165, 1.54) is 0 Å². The molecule has 0 unspecified atom stereocenters. The molecule has 3 heteroatoms. The average molecular weight is 129 g/mol. The maximum atomic E-state index is 10.7. The second-order valence-corrected chi connectivity index (χ2v) is 2.04. The zero-order chi connectivity index (χ0) is 6.69. The van der Waals surface area contributed by atoms with Crippen LogP contribution >= 0.6 is 0 Å². The van der Waals surface area contributed by atoms with Crippen LogP contribution in [0.2, 0.25) is 0 Å². The number of ether oxygens (including phenoxy) is 1. The molecule has 0 N–H and O–H groups in total. The first-order chi connectivity index (χ1) is 4.34. The van der Waals surface area contributed by atoms with Gasteiger partial charge in [-0.1, -0.05) is 0 Å². The highest BCUT2D eigenvalue weighted by molar-refractivity contribution is 5.68. The second-order valence-electron chi connectivity index (χ2n) is 2.04. The Morgan fingerprint density at radius 1 is 1.67 bits per heavy atom. The zero-order valence-electron chi connectivity index (χ0n) is 5.59. The van der Waals surface area contributed by atoms with E-state index in [-0.39, 0.29) is 6.09 Å². The minimum Gasteiger partial charge on any atom is -0.450 e. The summed E-state index contributed by atoms with van der Waals surface area (Å²) in [7, 11) is 0. The quantitative estimate of drug-likeness (QED) is 0.525. The van der Waals surface area contributed by atoms with Crippen LogP contribution in [-0.2, 0) is 4.74 Å². The van der Waals surface area contributed by atoms with Crippen LogP contribution in [0, 0.1) is 0 Å². The number of nitrogens with zero attached hydrogens (tertiary/aromatic N) is 1. The summed E-state index contributed by atoms with van der Waals surface area (Å²) in [6.45, 7) is 4.05. The molecule has 1 saturated heterocycles. The van der Waals surface area contributed by atoms with Gasteiger partial charge in [-0.15, -0.1) is 0 Å². The SMILES string of the molecule is CCOC(=O)N1CCC1. The van der Waals surface area contributed by atoms with Gasteiger partial charge in [0.15, 0.2) is 0 Å². The van der Waals surface area contributed by atoms with Gasteiger partial charge in [0.05, 0.1) is 6.61 Å². The molecule has 0 aromatic carbocycles. The van der Waals surface area contributed by atoms with Crippen molar-refractivity contribution in [1.29, 1.82) is 0 Å². The average Bonchev–Trinajstić information content (AvgIpc) is 1.60. The van der Waals surface area contributed by atoms with Gasteiger partial charge in [0, 0.05) is 13.1 Å². The molecule has 1 aliphatic heterocycles. The molecule has 0 aliphatic carbocycles. The first-order valence-corrected chi connectivity index (χ1v) is 3.26. The van der Waals surface area contributed by atoms with Crippen molar-refractivity contribution in [2.45, 2.75) is 13.3 Å². The van der Waals surface area contributed by atoms with Crippen molar-refractivity contribution < 1.29 is 9.53 Å². The van der Waals surface area contributed by atoms with Gasteiger partial charge in [-0.2, -0.15) is 0 Å². The fourth-order valence-corrected chi connectivity index (χ4v) is 0.714. The van der Waals surface area contributed by atoms with E-state index in [1.807, 2.05) is 6.92 Å². The number of likely N-dealkylation sites (tertiary alicyclic amines) is 1. The lowest BCUT2D eigenvalue weighted by atomic mass is 10.2. The van der Waals surface area contributed by atoms with E-state index in [9.17, 15) is 4.79 Å². The van der Waals surface area contributed by atoms with Crippen molar-refractivity contribution in [3.63, 3.8) is 0 Å². The van der Waals surface area contributed by atoms with Crippen LogP contribution < -0.4 is 0 Å². The van der Waals surface area contributed by atoms with Crippen LogP contribution in [0.5, 0.6) is 0 Å². The summed E-state index contributed by atoms with van der Waals surface area (Å²) in [5.74, 6) is 0. The summed E-state index contributed by atoms with van der Waals surface area (Å²) < 4.78 is 4.73. The smallest absolute Gasteiger partial charge is 0.409 e. The van der Waals surface area contributed by atoms with Crippen LogP contribution in [0.1, 0.15) is 13.3 Å². The third kappa shape index (κ3) is 1.34. The van der Waals surface area contributed by atoms with Gasteiger partial charge >= 0.3 is 6.09 Å². The number of rotatable bonds is 1. The Hall–Kier alpha value is -0.730. The first kappa shape index (κ1) is 6.39. The van der Waals surface area contributed by atoms with Crippen LogP contribution in [0.3, 0.4) is 0 Å². The minimum atomic E-state index is -0.163. The Balaban J connectivity index is 2.16. The molecule has 9 heavy (non-hydrogen) atoms. The predicted octanol–water partition coefficient (Wildman–Crippen LogP) is 0.849. The zero-order valence-corrected chi connectivity index (χ0v) is 5.59. The molecular formula is C6H11NO2. The van der Waals surface area contributed by atoms with Crippen LogP contribution in [0.4, 0.5) is 4.79 Å². The predicted molar refractivity (Wildman–Crippen MR) is 33.2 cm³/mol. The highest BCUT2D eigenvalue weighted by atomic mass is 16.6. The Kier molecular flexibility index (Phi) is 1.92. The van der Waals surface area contributed by atoms with E-state index in [0.717, 1.165) is 19.5 Å². The van der Waals surface area contributed by atoms with E-state index in [1.54, 1.807) is 4.90 Å². The van der Waals surface area contributed by atoms with E-state index in [2.05, 4.69) is 0 Å². The third-order valence-electron chi connectivity index (χ3n) is 1.38. The molecule has 0 aromatic rings. The van der Waals surface area contributed by atoms with E-state index >= 15 is 0 Å². The van der Waals surface area contributed by atoms with Crippen molar-refractivity contribution in [3.8, 4) is 0 Å². The normalized spacial score (nSPS) is 16.8. The summed E-state index contributed by atoms with van der Waals surface area (Å²) in [4.78, 5) is 12.4. The number of carbonyl (C=O) groups is 1. The van der Waals surface area contributed by atoms with Gasteiger partial charge in [0.2, 0.25) is 0 Å². The van der Waals surface area contributed by atoms with Crippen molar-refractivity contribution in [1.82, 2.24) is 4.90 Å². The standard InChI is InChI=1S/C6H11NO2/c1-2-9-6(8)7-4-3-5-7/h2-5H2,1H3. The molecule has 0 aromatic heterocycles. The maximum Gasteiger partial charge on any atom is 0.409 e. The monoisotopic (exact) mass is 129 g/mol. The lowest BCUT2D eigenvalue weighted by Crippen LogP contribution is -2.42. The molecular weight excluding hydrogens is 118 g/mol. The fourth-order valence-electron chi connectivity index (χ4n) is 0.714. The lowest BCUT2D eigenvalue weighted by Gasteiger charge is -2.29. The summed E-state index contributed by atoms with van der Waals surface area (Å²) in [6, 6.07) is 0. The molecule has 52 valence electrons. The van der Waals surface area contributed by atoms with Crippen molar-refractivity contribution in [3.05, 3.63) is 0 Å². The molecule has 1 fully saturated rings. The van der Waals surface area contributed by atoms with E-state index in [0.29, 0.717) is 6.61 Å². The van der Waals surface area contributed by atoms with E-state index in [4.69, 9.17) is 4.74 Å². The molecule has 0 bridgehead atoms. The molecule has 1 rings (SSSR count). The minimum absolute atomic E-state index is 0.163. The number of hydrogen-bond donors (Lipinski definition) is 0. The maximum absolute atomic E-state index is 10.7. The summed E-state index contributed by atoms with van der Waals surface area (Å²) >= 11 is 0. The Morgan fingerprint density at radius 3 is 2.67 bits per heavy atom. The van der Waals surface area contributed by atoms with Crippen LogP contribution in [-0.4, -0.2) is 30.7 Å². The van der Waals surface area contributed by atoms with Gasteiger partial charge in [-0.3, -0.25) is 0 Å². The molecule has 0 radical (unpaired) electrons. The Bertz CT molecular complexity index is 110. The molecule has 1 heterocycles. The van der Waals surface area contributed by atoms with Gasteiger partial charge in [0.25, 0.3) is 0 Å². The second kappa shape index (κ2) is 2.71. The van der Waals surface area contributed by atoms with Gasteiger partial charge in [-0.05, 0) is 13.3 Å². The Morgan fingerprint density at radius 2 is 2.33 bits per heavy atom. The summed E-state index contributed by atoms with van der Waals surface area (Å²) in [5.41, 5.74) is 0. The van der Waals surface area contributed by atoms with Gasteiger partial charge < -0.3 is 9.64 Å². The van der Waals surface area contributed by atoms with Gasteiger partial charge in [0.1, 0.15) is 0 Å². The molecule has 0 saturated carbocycles. The highest BCUT2D eigenvalue weighted by Gasteiger charge is 2.20. The molecule has 3 nitrogen and oxygen atoms in total. The number of amides is 1. The topological polar surface area (TPSA) is 29.5 Å². The molecule has 1 amide bonds. The van der Waals surface area contributed by atoms with Crippen molar-refractivity contribution in [2.75, 3.05) is 19.7 Å². The highest BCUT2D eigenvalue weighted by Crippen LogP contribution is 2.06. The van der Waals surface area contributed by atoms with E-state index < -0.39 is 0 Å². The van der Waals surface area contributed by atoms with Gasteiger partial charge in [-0.25, -0.2) is 4.79 Å². The van der Waals surface area contributed by atoms with Crippen LogP contribution in [0.15, 0.2) is 0 Å². The molecule has 0 atom stereocenters. The fraction of sp³-hybridized carbons (Fsp3) is 0.833. The largest absolute Gasteiger partial charge is 0.450 e. The Labute approximate surface area is 54.6 Å². The lowest BCUT2D eigenvalue weighted by molar-refractivity contribution is 0.0850. The summed E-state index contributed by atoms with van der Waals surface area (Å²) in [5, 5.41) is 0. The third-order valence-corrected chi connectivity index (χ3v) is 1.38. The summed E-state index contributed by atoms with van der Waals surface area (Å²) in [6.07, 6.45) is 0.961. The van der Waals surface area contributed by atoms with Crippen molar-refractivity contribution >= 4 is 6.09 Å². The molecule has 0 spiro atoms. The van der Waals surface area contributed by atoms with Crippen LogP contribution in [0.25, 0.3) is 0 Å². The number of carbonyl (C=O) groups excluding carboxylic acids is 1. The number of hydrogen-bond acceptors (Lipinski definition) is 2. The molecule has 1 aliphatic rings. The first-order valence-electron chi connectivity index (χ1n) is 3.26.